The van der Waals surface area contributed by atoms with Gasteiger partial charge in [-0.3, -0.25) is 0 Å². The SMILES string of the molecule is OC(C#CCc1ccccc1CC#CC(O)c1ccccc1)c1ccccc1. The van der Waals surface area contributed by atoms with Crippen molar-refractivity contribution in [2.75, 3.05) is 0 Å². The Hall–Kier alpha value is -3.30. The van der Waals surface area contributed by atoms with E-state index < -0.39 is 12.2 Å². The zero-order valence-electron chi connectivity index (χ0n) is 15.5. The second kappa shape index (κ2) is 10.1. The first-order chi connectivity index (χ1) is 13.7. The maximum absolute atomic E-state index is 10.2. The fraction of sp³-hybridized carbons (Fsp3) is 0.154. The number of aliphatic hydroxyl groups is 2. The second-order valence-electron chi connectivity index (χ2n) is 6.39. The first-order valence-corrected chi connectivity index (χ1v) is 9.23. The molecule has 2 heteroatoms. The largest absolute Gasteiger partial charge is 0.376 e. The van der Waals surface area contributed by atoms with E-state index in [0.717, 1.165) is 22.3 Å². The quantitative estimate of drug-likeness (QED) is 0.678. The Morgan fingerprint density at radius 3 is 1.29 bits per heavy atom. The van der Waals surface area contributed by atoms with Gasteiger partial charge < -0.3 is 10.2 Å². The first-order valence-electron chi connectivity index (χ1n) is 9.23. The van der Waals surface area contributed by atoms with Crippen LogP contribution in [-0.4, -0.2) is 10.2 Å². The standard InChI is InChI=1S/C26H22O2/c27-25(23-13-3-1-4-14-23)19-9-17-21-11-7-8-12-22(21)18-10-20-26(28)24-15-5-2-6-16-24/h1-8,11-16,25-28H,17-18H2. The summed E-state index contributed by atoms with van der Waals surface area (Å²) < 4.78 is 0. The number of rotatable bonds is 4. The Labute approximate surface area is 166 Å². The van der Waals surface area contributed by atoms with Crippen LogP contribution in [0.2, 0.25) is 0 Å². The van der Waals surface area contributed by atoms with Crippen molar-refractivity contribution in [3.63, 3.8) is 0 Å². The molecule has 0 aliphatic carbocycles. The van der Waals surface area contributed by atoms with Crippen molar-refractivity contribution in [1.82, 2.24) is 0 Å². The highest BCUT2D eigenvalue weighted by Gasteiger charge is 2.03. The fourth-order valence-corrected chi connectivity index (χ4v) is 2.83. The summed E-state index contributed by atoms with van der Waals surface area (Å²) in [5.74, 6) is 11.9. The molecule has 3 aromatic carbocycles. The van der Waals surface area contributed by atoms with E-state index in [2.05, 4.69) is 23.7 Å². The van der Waals surface area contributed by atoms with Crippen LogP contribution in [-0.2, 0) is 12.8 Å². The lowest BCUT2D eigenvalue weighted by molar-refractivity contribution is 0.238. The number of benzene rings is 3. The molecule has 0 aromatic heterocycles. The molecule has 0 amide bonds. The molecule has 0 bridgehead atoms. The molecule has 3 aromatic rings. The number of hydrogen-bond acceptors (Lipinski definition) is 2. The minimum Gasteiger partial charge on any atom is -0.376 e. The third-order valence-electron chi connectivity index (χ3n) is 4.38. The highest BCUT2D eigenvalue weighted by Crippen LogP contribution is 2.14. The lowest BCUT2D eigenvalue weighted by Crippen LogP contribution is -1.96. The van der Waals surface area contributed by atoms with Crippen molar-refractivity contribution < 1.29 is 10.2 Å². The van der Waals surface area contributed by atoms with Gasteiger partial charge in [-0.15, -0.1) is 0 Å². The molecule has 0 saturated heterocycles. The van der Waals surface area contributed by atoms with E-state index in [1.54, 1.807) is 0 Å². The summed E-state index contributed by atoms with van der Waals surface area (Å²) in [6.07, 6.45) is -0.477. The molecule has 2 unspecified atom stereocenters. The van der Waals surface area contributed by atoms with Gasteiger partial charge in [0.2, 0.25) is 0 Å². The van der Waals surface area contributed by atoms with E-state index in [9.17, 15) is 10.2 Å². The molecule has 0 fully saturated rings. The van der Waals surface area contributed by atoms with Crippen LogP contribution in [0.25, 0.3) is 0 Å². The molecule has 2 atom stereocenters. The molecule has 0 saturated carbocycles. The topological polar surface area (TPSA) is 40.5 Å². The normalized spacial score (nSPS) is 12.1. The van der Waals surface area contributed by atoms with E-state index in [0.29, 0.717) is 12.8 Å². The lowest BCUT2D eigenvalue weighted by atomic mass is 10.0. The highest BCUT2D eigenvalue weighted by atomic mass is 16.3. The Morgan fingerprint density at radius 2 is 0.893 bits per heavy atom. The molecule has 0 aliphatic heterocycles. The van der Waals surface area contributed by atoms with Gasteiger partial charge >= 0.3 is 0 Å². The zero-order chi connectivity index (χ0) is 19.6. The van der Waals surface area contributed by atoms with E-state index in [4.69, 9.17) is 0 Å². The molecule has 2 N–H and O–H groups in total. The molecule has 0 aliphatic rings. The number of hydrogen-bond donors (Lipinski definition) is 2. The van der Waals surface area contributed by atoms with Gasteiger partial charge in [0.15, 0.2) is 0 Å². The van der Waals surface area contributed by atoms with Crippen molar-refractivity contribution >= 4 is 0 Å². The minimum absolute atomic E-state index is 0.545. The van der Waals surface area contributed by atoms with Gasteiger partial charge in [0, 0.05) is 12.8 Å². The Kier molecular flexibility index (Phi) is 7.05. The van der Waals surface area contributed by atoms with Crippen molar-refractivity contribution in [2.45, 2.75) is 25.0 Å². The Balaban J connectivity index is 1.64. The van der Waals surface area contributed by atoms with Crippen LogP contribution in [0.3, 0.4) is 0 Å². The van der Waals surface area contributed by atoms with E-state index in [1.165, 1.54) is 0 Å². The molecule has 0 radical (unpaired) electrons. The van der Waals surface area contributed by atoms with E-state index in [1.807, 2.05) is 84.9 Å². The molecule has 28 heavy (non-hydrogen) atoms. The van der Waals surface area contributed by atoms with E-state index in [-0.39, 0.29) is 0 Å². The maximum Gasteiger partial charge on any atom is 0.140 e. The summed E-state index contributed by atoms with van der Waals surface area (Å²) in [6, 6.07) is 26.8. The molecular weight excluding hydrogens is 344 g/mol. The van der Waals surface area contributed by atoms with Crippen LogP contribution in [0.5, 0.6) is 0 Å². The molecule has 3 rings (SSSR count). The average Bonchev–Trinajstić information content (AvgIpc) is 2.76. The van der Waals surface area contributed by atoms with Gasteiger partial charge in [0.1, 0.15) is 12.2 Å². The van der Waals surface area contributed by atoms with Crippen LogP contribution in [0, 0.1) is 23.7 Å². The molecule has 0 heterocycles. The number of aliphatic hydroxyl groups excluding tert-OH is 2. The predicted octanol–water partition coefficient (Wildman–Crippen LogP) is 4.25. The minimum atomic E-state index is -0.783. The van der Waals surface area contributed by atoms with Crippen LogP contribution in [0.4, 0.5) is 0 Å². The van der Waals surface area contributed by atoms with Gasteiger partial charge in [-0.05, 0) is 22.3 Å². The molecule has 0 spiro atoms. The Bertz CT molecular complexity index is 918. The fourth-order valence-electron chi connectivity index (χ4n) is 2.83. The van der Waals surface area contributed by atoms with Gasteiger partial charge in [-0.1, -0.05) is 109 Å². The predicted molar refractivity (Wildman–Crippen MR) is 112 cm³/mol. The van der Waals surface area contributed by atoms with Gasteiger partial charge in [0.05, 0.1) is 0 Å². The van der Waals surface area contributed by atoms with Crippen LogP contribution in [0.1, 0.15) is 34.5 Å². The van der Waals surface area contributed by atoms with Crippen LogP contribution < -0.4 is 0 Å². The second-order valence-corrected chi connectivity index (χ2v) is 6.39. The third-order valence-corrected chi connectivity index (χ3v) is 4.38. The summed E-state index contributed by atoms with van der Waals surface area (Å²) in [6.45, 7) is 0. The molecule has 138 valence electrons. The maximum atomic E-state index is 10.2. The van der Waals surface area contributed by atoms with Crippen molar-refractivity contribution in [2.24, 2.45) is 0 Å². The van der Waals surface area contributed by atoms with Crippen LogP contribution >= 0.6 is 0 Å². The zero-order valence-corrected chi connectivity index (χ0v) is 15.5. The van der Waals surface area contributed by atoms with Crippen molar-refractivity contribution in [3.05, 3.63) is 107 Å². The van der Waals surface area contributed by atoms with Gasteiger partial charge in [-0.25, -0.2) is 0 Å². The summed E-state index contributed by atoms with van der Waals surface area (Å²) in [4.78, 5) is 0. The molecular formula is C26H22O2. The smallest absolute Gasteiger partial charge is 0.140 e. The Morgan fingerprint density at radius 1 is 0.536 bits per heavy atom. The summed E-state index contributed by atoms with van der Waals surface area (Å²) in [5, 5.41) is 20.3. The lowest BCUT2D eigenvalue weighted by Gasteiger charge is -2.05. The average molecular weight is 366 g/mol. The first kappa shape index (κ1) is 19.5. The monoisotopic (exact) mass is 366 g/mol. The van der Waals surface area contributed by atoms with Crippen LogP contribution in [0.15, 0.2) is 84.9 Å². The highest BCUT2D eigenvalue weighted by molar-refractivity contribution is 5.35. The third kappa shape index (κ3) is 5.60. The summed E-state index contributed by atoms with van der Waals surface area (Å²) in [7, 11) is 0. The van der Waals surface area contributed by atoms with Gasteiger partial charge in [0.25, 0.3) is 0 Å². The van der Waals surface area contributed by atoms with Gasteiger partial charge in [-0.2, -0.15) is 0 Å². The summed E-state index contributed by atoms with van der Waals surface area (Å²) in [5.41, 5.74) is 3.76. The van der Waals surface area contributed by atoms with Crippen molar-refractivity contribution in [3.8, 4) is 23.7 Å². The molecule has 2 nitrogen and oxygen atoms in total. The van der Waals surface area contributed by atoms with E-state index >= 15 is 0 Å². The summed E-state index contributed by atoms with van der Waals surface area (Å²) >= 11 is 0. The van der Waals surface area contributed by atoms with Crippen molar-refractivity contribution in [1.29, 1.82) is 0 Å².